The topological polar surface area (TPSA) is 21.3 Å². The molecule has 0 aliphatic carbocycles. The molecule has 0 radical (unpaired) electrons. The van der Waals surface area contributed by atoms with E-state index in [4.69, 9.17) is 4.74 Å². The second-order valence-corrected chi connectivity index (χ2v) is 6.01. The zero-order valence-electron chi connectivity index (χ0n) is 12.7. The summed E-state index contributed by atoms with van der Waals surface area (Å²) in [5, 5.41) is 3.59. The van der Waals surface area contributed by atoms with Gasteiger partial charge in [-0.1, -0.05) is 32.0 Å². The van der Waals surface area contributed by atoms with Gasteiger partial charge in [0.05, 0.1) is 6.61 Å². The van der Waals surface area contributed by atoms with Gasteiger partial charge in [-0.2, -0.15) is 11.8 Å². The molecule has 19 heavy (non-hydrogen) atoms. The highest BCUT2D eigenvalue weighted by molar-refractivity contribution is 8.00. The van der Waals surface area contributed by atoms with Crippen molar-refractivity contribution in [1.29, 1.82) is 0 Å². The molecule has 1 aromatic carbocycles. The fourth-order valence-electron chi connectivity index (χ4n) is 2.23. The van der Waals surface area contributed by atoms with Crippen molar-refractivity contribution >= 4 is 11.8 Å². The third kappa shape index (κ3) is 4.73. The molecule has 0 saturated heterocycles. The molecule has 1 rings (SSSR count). The summed E-state index contributed by atoms with van der Waals surface area (Å²) in [7, 11) is 0. The van der Waals surface area contributed by atoms with E-state index in [1.165, 1.54) is 18.4 Å². The molecule has 0 amide bonds. The second-order valence-electron chi connectivity index (χ2n) is 4.74. The summed E-state index contributed by atoms with van der Waals surface area (Å²) < 4.78 is 6.02. The standard InChI is InChI=1S/C16H27NOS/c1-5-16(6-2,19-4)13-17-12-14-10-8-9-11-15(14)18-7-3/h8-11,17H,5-7,12-13H2,1-4H3. The predicted molar refractivity (Wildman–Crippen MR) is 86.1 cm³/mol. The van der Waals surface area contributed by atoms with Crippen molar-refractivity contribution < 1.29 is 4.74 Å². The molecule has 0 aromatic heterocycles. The van der Waals surface area contributed by atoms with Crippen molar-refractivity contribution in [3.63, 3.8) is 0 Å². The summed E-state index contributed by atoms with van der Waals surface area (Å²) in [6, 6.07) is 8.28. The average molecular weight is 281 g/mol. The van der Waals surface area contributed by atoms with Crippen LogP contribution in [0.4, 0.5) is 0 Å². The Morgan fingerprint density at radius 2 is 1.84 bits per heavy atom. The van der Waals surface area contributed by atoms with Gasteiger partial charge in [-0.15, -0.1) is 0 Å². The van der Waals surface area contributed by atoms with Gasteiger partial charge in [0.15, 0.2) is 0 Å². The molecule has 0 atom stereocenters. The maximum atomic E-state index is 5.65. The molecular formula is C16H27NOS. The van der Waals surface area contributed by atoms with Gasteiger partial charge < -0.3 is 10.1 Å². The normalized spacial score (nSPS) is 11.6. The van der Waals surface area contributed by atoms with Gasteiger partial charge in [0, 0.05) is 23.4 Å². The van der Waals surface area contributed by atoms with Crippen molar-refractivity contribution in [2.24, 2.45) is 0 Å². The van der Waals surface area contributed by atoms with E-state index in [9.17, 15) is 0 Å². The molecule has 0 spiro atoms. The third-order valence-electron chi connectivity index (χ3n) is 3.76. The minimum Gasteiger partial charge on any atom is -0.494 e. The van der Waals surface area contributed by atoms with E-state index < -0.39 is 0 Å². The van der Waals surface area contributed by atoms with Gasteiger partial charge in [0.2, 0.25) is 0 Å². The largest absolute Gasteiger partial charge is 0.494 e. The maximum Gasteiger partial charge on any atom is 0.123 e. The van der Waals surface area contributed by atoms with Gasteiger partial charge in [0.1, 0.15) is 5.75 Å². The predicted octanol–water partition coefficient (Wildman–Crippen LogP) is 4.10. The van der Waals surface area contributed by atoms with Crippen LogP contribution in [0.3, 0.4) is 0 Å². The van der Waals surface area contributed by atoms with Crippen molar-refractivity contribution in [3.8, 4) is 5.75 Å². The highest BCUT2D eigenvalue weighted by Crippen LogP contribution is 2.29. The molecule has 0 fully saturated rings. The van der Waals surface area contributed by atoms with E-state index in [1.54, 1.807) is 0 Å². The Kier molecular flexibility index (Phi) is 7.32. The van der Waals surface area contributed by atoms with Crippen LogP contribution in [0, 0.1) is 0 Å². The number of hydrogen-bond acceptors (Lipinski definition) is 3. The number of rotatable bonds is 9. The van der Waals surface area contributed by atoms with Crippen molar-refractivity contribution in [2.75, 3.05) is 19.4 Å². The summed E-state index contributed by atoms with van der Waals surface area (Å²) in [6.07, 6.45) is 4.61. The Morgan fingerprint density at radius 1 is 1.16 bits per heavy atom. The first-order valence-corrected chi connectivity index (χ1v) is 8.40. The van der Waals surface area contributed by atoms with Crippen LogP contribution in [-0.4, -0.2) is 24.2 Å². The van der Waals surface area contributed by atoms with E-state index in [0.29, 0.717) is 4.75 Å². The zero-order valence-corrected chi connectivity index (χ0v) is 13.5. The van der Waals surface area contributed by atoms with Crippen molar-refractivity contribution in [3.05, 3.63) is 29.8 Å². The number of thioether (sulfide) groups is 1. The van der Waals surface area contributed by atoms with E-state index in [2.05, 4.69) is 37.6 Å². The molecular weight excluding hydrogens is 254 g/mol. The van der Waals surface area contributed by atoms with E-state index in [1.807, 2.05) is 30.8 Å². The third-order valence-corrected chi connectivity index (χ3v) is 5.34. The Bertz CT molecular complexity index is 355. The molecule has 1 N–H and O–H groups in total. The first-order chi connectivity index (χ1) is 9.21. The summed E-state index contributed by atoms with van der Waals surface area (Å²) in [6.45, 7) is 9.21. The average Bonchev–Trinajstić information content (AvgIpc) is 2.46. The molecule has 0 bridgehead atoms. The summed E-state index contributed by atoms with van der Waals surface area (Å²) in [4.78, 5) is 0. The van der Waals surface area contributed by atoms with Gasteiger partial charge in [-0.25, -0.2) is 0 Å². The van der Waals surface area contributed by atoms with E-state index in [0.717, 1.165) is 25.4 Å². The minimum atomic E-state index is 0.362. The van der Waals surface area contributed by atoms with Crippen LogP contribution in [0.1, 0.15) is 39.2 Å². The molecule has 0 heterocycles. The van der Waals surface area contributed by atoms with Crippen molar-refractivity contribution in [1.82, 2.24) is 5.32 Å². The number of benzene rings is 1. The van der Waals surface area contributed by atoms with Gasteiger partial charge in [0.25, 0.3) is 0 Å². The number of hydrogen-bond donors (Lipinski definition) is 1. The monoisotopic (exact) mass is 281 g/mol. The molecule has 0 aliphatic heterocycles. The Balaban J connectivity index is 2.57. The SMILES string of the molecule is CCOc1ccccc1CNCC(CC)(CC)SC. The van der Waals surface area contributed by atoms with Gasteiger partial charge >= 0.3 is 0 Å². The van der Waals surface area contributed by atoms with E-state index in [-0.39, 0.29) is 0 Å². The van der Waals surface area contributed by atoms with Crippen LogP contribution >= 0.6 is 11.8 Å². The fourth-order valence-corrected chi connectivity index (χ4v) is 3.06. The molecule has 0 saturated carbocycles. The molecule has 0 unspecified atom stereocenters. The first-order valence-electron chi connectivity index (χ1n) is 7.18. The zero-order chi connectivity index (χ0) is 14.1. The minimum absolute atomic E-state index is 0.362. The van der Waals surface area contributed by atoms with Crippen LogP contribution in [-0.2, 0) is 6.54 Å². The second kappa shape index (κ2) is 8.49. The number of nitrogens with one attached hydrogen (secondary N) is 1. The molecule has 3 heteroatoms. The Morgan fingerprint density at radius 3 is 2.42 bits per heavy atom. The lowest BCUT2D eigenvalue weighted by atomic mass is 10.0. The molecule has 2 nitrogen and oxygen atoms in total. The maximum absolute atomic E-state index is 5.65. The van der Waals surface area contributed by atoms with Crippen LogP contribution in [0.5, 0.6) is 5.75 Å². The Hall–Kier alpha value is -0.670. The lowest BCUT2D eigenvalue weighted by Gasteiger charge is -2.30. The van der Waals surface area contributed by atoms with Crippen LogP contribution in [0.25, 0.3) is 0 Å². The van der Waals surface area contributed by atoms with Crippen LogP contribution in [0.15, 0.2) is 24.3 Å². The summed E-state index contributed by atoms with van der Waals surface area (Å²) >= 11 is 1.97. The lowest BCUT2D eigenvalue weighted by Crippen LogP contribution is -2.36. The smallest absolute Gasteiger partial charge is 0.123 e. The fraction of sp³-hybridized carbons (Fsp3) is 0.625. The summed E-state index contributed by atoms with van der Waals surface area (Å²) in [5.41, 5.74) is 1.24. The molecule has 0 aliphatic rings. The summed E-state index contributed by atoms with van der Waals surface area (Å²) in [5.74, 6) is 1.00. The van der Waals surface area contributed by atoms with Gasteiger partial charge in [-0.3, -0.25) is 0 Å². The molecule has 1 aromatic rings. The first kappa shape index (κ1) is 16.4. The highest BCUT2D eigenvalue weighted by atomic mass is 32.2. The highest BCUT2D eigenvalue weighted by Gasteiger charge is 2.24. The number of para-hydroxylation sites is 1. The Labute approximate surface area is 122 Å². The van der Waals surface area contributed by atoms with E-state index >= 15 is 0 Å². The number of ether oxygens (including phenoxy) is 1. The quantitative estimate of drug-likeness (QED) is 0.736. The van der Waals surface area contributed by atoms with Crippen LogP contribution in [0.2, 0.25) is 0 Å². The lowest BCUT2D eigenvalue weighted by molar-refractivity contribution is 0.335. The molecule has 108 valence electrons. The van der Waals surface area contributed by atoms with Crippen molar-refractivity contribution in [2.45, 2.75) is 44.9 Å². The van der Waals surface area contributed by atoms with Gasteiger partial charge in [-0.05, 0) is 32.1 Å². The van der Waals surface area contributed by atoms with Crippen LogP contribution < -0.4 is 10.1 Å².